The first kappa shape index (κ1) is 21.3. The molecule has 4 rings (SSSR count). The molecule has 0 saturated carbocycles. The maximum absolute atomic E-state index is 13.4. The van der Waals surface area contributed by atoms with Crippen molar-refractivity contribution >= 4 is 5.91 Å². The maximum Gasteiger partial charge on any atom is 0.228 e. The highest BCUT2D eigenvalue weighted by Gasteiger charge is 2.44. The monoisotopic (exact) mass is 416 g/mol. The van der Waals surface area contributed by atoms with Crippen molar-refractivity contribution in [2.75, 3.05) is 13.1 Å². The molecule has 1 atom stereocenters. The lowest BCUT2D eigenvalue weighted by atomic mass is 9.79. The molecule has 1 aliphatic heterocycles. The molecule has 0 bridgehead atoms. The van der Waals surface area contributed by atoms with E-state index in [4.69, 9.17) is 0 Å². The molecule has 0 spiro atoms. The van der Waals surface area contributed by atoms with Crippen molar-refractivity contribution in [3.05, 3.63) is 78.1 Å². The third-order valence-corrected chi connectivity index (χ3v) is 6.08. The van der Waals surface area contributed by atoms with Gasteiger partial charge in [0.25, 0.3) is 0 Å². The molecule has 162 valence electrons. The second kappa shape index (κ2) is 9.06. The fraction of sp³-hybridized carbons (Fsp3) is 0.385. The Labute approximate surface area is 185 Å². The molecule has 1 aromatic heterocycles. The summed E-state index contributed by atoms with van der Waals surface area (Å²) in [5, 5.41) is 7.49. The predicted molar refractivity (Wildman–Crippen MR) is 124 cm³/mol. The Kier molecular flexibility index (Phi) is 6.23. The minimum Gasteiger partial charge on any atom is -0.353 e. The van der Waals surface area contributed by atoms with E-state index in [1.165, 1.54) is 22.3 Å². The van der Waals surface area contributed by atoms with Gasteiger partial charge in [-0.1, -0.05) is 54.6 Å². The number of benzene rings is 2. The summed E-state index contributed by atoms with van der Waals surface area (Å²) in [6.45, 7) is 6.57. The summed E-state index contributed by atoms with van der Waals surface area (Å²) in [5.41, 5.74) is 4.39. The van der Waals surface area contributed by atoms with E-state index >= 15 is 0 Å². The Balaban J connectivity index is 1.57. The molecule has 1 fully saturated rings. The van der Waals surface area contributed by atoms with Crippen LogP contribution in [0.4, 0.5) is 0 Å². The minimum atomic E-state index is -0.415. The van der Waals surface area contributed by atoms with Crippen LogP contribution in [0.25, 0.3) is 11.1 Å². The molecular weight excluding hydrogens is 384 g/mol. The van der Waals surface area contributed by atoms with Crippen molar-refractivity contribution in [1.82, 2.24) is 20.0 Å². The Hall–Kier alpha value is -2.92. The SMILES string of the molecule is CC(C)NC(=O)C1(Cc2cccc(-c3ccccc3)c2)CCN(Cc2cnn(C)c2)C1. The number of nitrogens with one attached hydrogen (secondary N) is 1. The summed E-state index contributed by atoms with van der Waals surface area (Å²) in [7, 11) is 1.94. The smallest absolute Gasteiger partial charge is 0.228 e. The zero-order valence-corrected chi connectivity index (χ0v) is 18.7. The normalized spacial score (nSPS) is 19.1. The number of carbonyl (C=O) groups is 1. The summed E-state index contributed by atoms with van der Waals surface area (Å²) >= 11 is 0. The molecule has 5 heteroatoms. The van der Waals surface area contributed by atoms with E-state index in [1.807, 2.05) is 37.8 Å². The first-order valence-corrected chi connectivity index (χ1v) is 11.1. The van der Waals surface area contributed by atoms with E-state index < -0.39 is 5.41 Å². The number of nitrogens with zero attached hydrogens (tertiary/aromatic N) is 3. The average molecular weight is 417 g/mol. The number of carbonyl (C=O) groups excluding carboxylic acids is 1. The van der Waals surface area contributed by atoms with E-state index in [2.05, 4.69) is 70.0 Å². The Morgan fingerprint density at radius 1 is 1.10 bits per heavy atom. The van der Waals surface area contributed by atoms with Gasteiger partial charge in [-0.05, 0) is 49.9 Å². The number of aryl methyl sites for hydroxylation is 1. The van der Waals surface area contributed by atoms with Gasteiger partial charge in [-0.2, -0.15) is 5.10 Å². The number of likely N-dealkylation sites (tertiary alicyclic amines) is 1. The summed E-state index contributed by atoms with van der Waals surface area (Å²) in [6.07, 6.45) is 5.58. The second-order valence-electron chi connectivity index (χ2n) is 9.13. The van der Waals surface area contributed by atoms with Crippen LogP contribution < -0.4 is 5.32 Å². The van der Waals surface area contributed by atoms with E-state index in [0.717, 1.165) is 32.5 Å². The minimum absolute atomic E-state index is 0.132. The molecule has 2 heterocycles. The first-order chi connectivity index (χ1) is 14.9. The number of hydrogen-bond acceptors (Lipinski definition) is 3. The van der Waals surface area contributed by atoms with Gasteiger partial charge in [0.1, 0.15) is 0 Å². The van der Waals surface area contributed by atoms with E-state index in [1.54, 1.807) is 0 Å². The maximum atomic E-state index is 13.4. The number of hydrogen-bond donors (Lipinski definition) is 1. The fourth-order valence-electron chi connectivity index (χ4n) is 4.61. The third kappa shape index (κ3) is 5.05. The Bertz CT molecular complexity index is 1030. The summed E-state index contributed by atoms with van der Waals surface area (Å²) in [4.78, 5) is 15.8. The molecule has 1 amide bonds. The van der Waals surface area contributed by atoms with Crippen LogP contribution in [0.3, 0.4) is 0 Å². The second-order valence-corrected chi connectivity index (χ2v) is 9.13. The molecular formula is C26H32N4O. The fourth-order valence-corrected chi connectivity index (χ4v) is 4.61. The molecule has 0 radical (unpaired) electrons. The van der Waals surface area contributed by atoms with Crippen molar-refractivity contribution in [3.8, 4) is 11.1 Å². The summed E-state index contributed by atoms with van der Waals surface area (Å²) in [6, 6.07) is 19.2. The van der Waals surface area contributed by atoms with Gasteiger partial charge >= 0.3 is 0 Å². The molecule has 1 saturated heterocycles. The Morgan fingerprint density at radius 2 is 1.87 bits per heavy atom. The quantitative estimate of drug-likeness (QED) is 0.632. The molecule has 5 nitrogen and oxygen atoms in total. The van der Waals surface area contributed by atoms with Crippen LogP contribution in [0.1, 0.15) is 31.4 Å². The summed E-state index contributed by atoms with van der Waals surface area (Å²) < 4.78 is 1.83. The highest BCUT2D eigenvalue weighted by molar-refractivity contribution is 5.84. The van der Waals surface area contributed by atoms with Crippen molar-refractivity contribution in [1.29, 1.82) is 0 Å². The predicted octanol–water partition coefficient (Wildman–Crippen LogP) is 4.05. The van der Waals surface area contributed by atoms with Gasteiger partial charge in [-0.25, -0.2) is 0 Å². The zero-order chi connectivity index (χ0) is 21.8. The molecule has 3 aromatic rings. The molecule has 31 heavy (non-hydrogen) atoms. The lowest BCUT2D eigenvalue weighted by Crippen LogP contribution is -2.46. The van der Waals surface area contributed by atoms with Gasteiger partial charge in [0, 0.05) is 37.9 Å². The molecule has 1 N–H and O–H groups in total. The van der Waals surface area contributed by atoms with Crippen LogP contribution in [-0.2, 0) is 24.8 Å². The van der Waals surface area contributed by atoms with Crippen LogP contribution in [0.15, 0.2) is 67.0 Å². The highest BCUT2D eigenvalue weighted by Crippen LogP contribution is 2.36. The number of aromatic nitrogens is 2. The van der Waals surface area contributed by atoms with Gasteiger partial charge in [-0.15, -0.1) is 0 Å². The Morgan fingerprint density at radius 3 is 2.58 bits per heavy atom. The highest BCUT2D eigenvalue weighted by atomic mass is 16.2. The van der Waals surface area contributed by atoms with Crippen molar-refractivity contribution in [2.24, 2.45) is 12.5 Å². The van der Waals surface area contributed by atoms with Crippen LogP contribution in [-0.4, -0.2) is 39.7 Å². The molecule has 2 aromatic carbocycles. The molecule has 1 aliphatic rings. The van der Waals surface area contributed by atoms with Crippen LogP contribution in [0.5, 0.6) is 0 Å². The van der Waals surface area contributed by atoms with Crippen molar-refractivity contribution < 1.29 is 4.79 Å². The zero-order valence-electron chi connectivity index (χ0n) is 18.7. The van der Waals surface area contributed by atoms with Gasteiger partial charge in [0.05, 0.1) is 11.6 Å². The van der Waals surface area contributed by atoms with Gasteiger partial charge in [0.2, 0.25) is 5.91 Å². The lowest BCUT2D eigenvalue weighted by molar-refractivity contribution is -0.131. The van der Waals surface area contributed by atoms with E-state index in [-0.39, 0.29) is 11.9 Å². The van der Waals surface area contributed by atoms with Gasteiger partial charge in [-0.3, -0.25) is 14.4 Å². The van der Waals surface area contributed by atoms with Crippen molar-refractivity contribution in [2.45, 2.75) is 39.3 Å². The summed E-state index contributed by atoms with van der Waals surface area (Å²) in [5.74, 6) is 0.168. The lowest BCUT2D eigenvalue weighted by Gasteiger charge is -2.30. The largest absolute Gasteiger partial charge is 0.353 e. The van der Waals surface area contributed by atoms with Gasteiger partial charge in [0.15, 0.2) is 0 Å². The van der Waals surface area contributed by atoms with E-state index in [0.29, 0.717) is 0 Å². The van der Waals surface area contributed by atoms with Crippen LogP contribution in [0, 0.1) is 5.41 Å². The van der Waals surface area contributed by atoms with Crippen LogP contribution in [0.2, 0.25) is 0 Å². The van der Waals surface area contributed by atoms with E-state index in [9.17, 15) is 4.79 Å². The van der Waals surface area contributed by atoms with Gasteiger partial charge < -0.3 is 5.32 Å². The standard InChI is InChI=1S/C26H32N4O/c1-20(2)28-25(31)26(12-13-30(19-26)18-22-16-27-29(3)17-22)15-21-8-7-11-24(14-21)23-9-5-4-6-10-23/h4-11,14,16-17,20H,12-13,15,18-19H2,1-3H3,(H,28,31). The average Bonchev–Trinajstić information content (AvgIpc) is 3.35. The topological polar surface area (TPSA) is 50.2 Å². The molecule has 0 aliphatic carbocycles. The molecule has 1 unspecified atom stereocenters. The number of rotatable bonds is 7. The first-order valence-electron chi connectivity index (χ1n) is 11.1. The third-order valence-electron chi connectivity index (χ3n) is 6.08. The number of amides is 1. The van der Waals surface area contributed by atoms with Crippen molar-refractivity contribution in [3.63, 3.8) is 0 Å². The van der Waals surface area contributed by atoms with Crippen LogP contribution >= 0.6 is 0 Å².